The van der Waals surface area contributed by atoms with Gasteiger partial charge in [0.25, 0.3) is 0 Å². The lowest BCUT2D eigenvalue weighted by molar-refractivity contribution is 0.468. The van der Waals surface area contributed by atoms with Crippen molar-refractivity contribution in [3.63, 3.8) is 0 Å². The highest BCUT2D eigenvalue weighted by Crippen LogP contribution is 2.27. The molecule has 0 atom stereocenters. The molecule has 0 aromatic carbocycles. The van der Waals surface area contributed by atoms with Crippen molar-refractivity contribution in [3.05, 3.63) is 10.6 Å². The zero-order valence-corrected chi connectivity index (χ0v) is 11.0. The van der Waals surface area contributed by atoms with Crippen LogP contribution in [0.5, 0.6) is 0 Å². The first-order valence-electron chi connectivity index (χ1n) is 6.31. The summed E-state index contributed by atoms with van der Waals surface area (Å²) >= 11 is 5.28. The predicted molar refractivity (Wildman–Crippen MR) is 67.9 cm³/mol. The summed E-state index contributed by atoms with van der Waals surface area (Å²) < 4.78 is 2.96. The SMILES string of the molecule is CC(C)Cn1c(CC2CCCC2)n[nH]c1=S. The molecule has 90 valence electrons. The van der Waals surface area contributed by atoms with Gasteiger partial charge in [-0.05, 0) is 24.1 Å². The van der Waals surface area contributed by atoms with Crippen molar-refractivity contribution in [2.45, 2.75) is 52.5 Å². The molecule has 0 amide bonds. The Morgan fingerprint density at radius 2 is 2.12 bits per heavy atom. The third-order valence-corrected chi connectivity index (χ3v) is 3.64. The van der Waals surface area contributed by atoms with E-state index in [1.807, 2.05) is 0 Å². The van der Waals surface area contributed by atoms with Gasteiger partial charge in [-0.3, -0.25) is 5.10 Å². The second-order valence-electron chi connectivity index (χ2n) is 5.30. The van der Waals surface area contributed by atoms with E-state index in [2.05, 4.69) is 28.6 Å². The molecule has 0 aliphatic heterocycles. The van der Waals surface area contributed by atoms with E-state index in [1.165, 1.54) is 25.7 Å². The van der Waals surface area contributed by atoms with Crippen molar-refractivity contribution in [1.29, 1.82) is 0 Å². The lowest BCUT2D eigenvalue weighted by atomic mass is 10.0. The first-order chi connectivity index (χ1) is 7.66. The van der Waals surface area contributed by atoms with Crippen molar-refractivity contribution in [2.75, 3.05) is 0 Å². The second-order valence-corrected chi connectivity index (χ2v) is 5.69. The van der Waals surface area contributed by atoms with Crippen molar-refractivity contribution in [2.24, 2.45) is 11.8 Å². The molecule has 1 aliphatic rings. The van der Waals surface area contributed by atoms with Gasteiger partial charge in [-0.15, -0.1) is 0 Å². The first kappa shape index (κ1) is 11.8. The Morgan fingerprint density at radius 1 is 1.44 bits per heavy atom. The van der Waals surface area contributed by atoms with Crippen LogP contribution in [0.2, 0.25) is 0 Å². The zero-order chi connectivity index (χ0) is 11.5. The topological polar surface area (TPSA) is 33.6 Å². The van der Waals surface area contributed by atoms with Gasteiger partial charge in [0.15, 0.2) is 4.77 Å². The molecule has 0 spiro atoms. The van der Waals surface area contributed by atoms with Crippen LogP contribution in [0.4, 0.5) is 0 Å². The normalized spacial score (nSPS) is 17.4. The maximum Gasteiger partial charge on any atom is 0.195 e. The van der Waals surface area contributed by atoms with Crippen LogP contribution in [-0.2, 0) is 13.0 Å². The third-order valence-electron chi connectivity index (χ3n) is 3.33. The molecule has 0 unspecified atom stereocenters. The Balaban J connectivity index is 2.10. The minimum Gasteiger partial charge on any atom is -0.304 e. The minimum atomic E-state index is 0.617. The Labute approximate surface area is 102 Å². The molecule has 16 heavy (non-hydrogen) atoms. The number of rotatable bonds is 4. The van der Waals surface area contributed by atoms with Crippen LogP contribution >= 0.6 is 12.2 Å². The maximum atomic E-state index is 5.28. The van der Waals surface area contributed by atoms with E-state index in [4.69, 9.17) is 12.2 Å². The van der Waals surface area contributed by atoms with E-state index in [0.717, 1.165) is 29.5 Å². The van der Waals surface area contributed by atoms with Gasteiger partial charge in [-0.1, -0.05) is 39.5 Å². The van der Waals surface area contributed by atoms with Crippen LogP contribution in [0.1, 0.15) is 45.4 Å². The lowest BCUT2D eigenvalue weighted by Crippen LogP contribution is -2.11. The molecule has 1 aromatic rings. The van der Waals surface area contributed by atoms with Gasteiger partial charge < -0.3 is 4.57 Å². The van der Waals surface area contributed by atoms with Crippen LogP contribution < -0.4 is 0 Å². The smallest absolute Gasteiger partial charge is 0.195 e. The minimum absolute atomic E-state index is 0.617. The number of aromatic amines is 1. The highest BCUT2D eigenvalue weighted by atomic mass is 32.1. The van der Waals surface area contributed by atoms with Crippen molar-refractivity contribution in [1.82, 2.24) is 14.8 Å². The molecule has 0 bridgehead atoms. The van der Waals surface area contributed by atoms with Crippen molar-refractivity contribution < 1.29 is 0 Å². The number of H-pyrrole nitrogens is 1. The summed E-state index contributed by atoms with van der Waals surface area (Å²) in [7, 11) is 0. The van der Waals surface area contributed by atoms with Crippen LogP contribution in [0, 0.1) is 16.6 Å². The summed E-state index contributed by atoms with van der Waals surface area (Å²) in [6.07, 6.45) is 6.60. The zero-order valence-electron chi connectivity index (χ0n) is 10.2. The molecule has 1 saturated carbocycles. The summed E-state index contributed by atoms with van der Waals surface area (Å²) in [5.41, 5.74) is 0. The van der Waals surface area contributed by atoms with E-state index in [1.54, 1.807) is 0 Å². The van der Waals surface area contributed by atoms with Gasteiger partial charge in [0.2, 0.25) is 0 Å². The Kier molecular flexibility index (Phi) is 3.79. The molecule has 0 saturated heterocycles. The molecular formula is C12H21N3S. The highest BCUT2D eigenvalue weighted by molar-refractivity contribution is 7.71. The molecule has 1 aromatic heterocycles. The van der Waals surface area contributed by atoms with Gasteiger partial charge >= 0.3 is 0 Å². The number of hydrogen-bond donors (Lipinski definition) is 1. The van der Waals surface area contributed by atoms with E-state index in [-0.39, 0.29) is 0 Å². The van der Waals surface area contributed by atoms with Gasteiger partial charge in [0.1, 0.15) is 5.82 Å². The van der Waals surface area contributed by atoms with E-state index in [0.29, 0.717) is 5.92 Å². The average Bonchev–Trinajstić information content (AvgIpc) is 2.82. The largest absolute Gasteiger partial charge is 0.304 e. The van der Waals surface area contributed by atoms with E-state index in [9.17, 15) is 0 Å². The number of nitrogens with one attached hydrogen (secondary N) is 1. The van der Waals surface area contributed by atoms with Crippen LogP contribution in [0.25, 0.3) is 0 Å². The third kappa shape index (κ3) is 2.73. The standard InChI is InChI=1S/C12H21N3S/c1-9(2)8-15-11(13-14-12(15)16)7-10-5-3-4-6-10/h9-10H,3-8H2,1-2H3,(H,14,16). The highest BCUT2D eigenvalue weighted by Gasteiger charge is 2.18. The van der Waals surface area contributed by atoms with Gasteiger partial charge in [0, 0.05) is 13.0 Å². The van der Waals surface area contributed by atoms with Gasteiger partial charge in [0.05, 0.1) is 0 Å². The summed E-state index contributed by atoms with van der Waals surface area (Å²) in [4.78, 5) is 0. The average molecular weight is 239 g/mol. The number of nitrogens with zero attached hydrogens (tertiary/aromatic N) is 2. The molecule has 1 fully saturated rings. The summed E-state index contributed by atoms with van der Waals surface area (Å²) in [6.45, 7) is 5.42. The summed E-state index contributed by atoms with van der Waals surface area (Å²) in [5, 5.41) is 7.31. The quantitative estimate of drug-likeness (QED) is 0.818. The summed E-state index contributed by atoms with van der Waals surface area (Å²) in [6, 6.07) is 0. The second kappa shape index (κ2) is 5.13. The van der Waals surface area contributed by atoms with Crippen molar-refractivity contribution in [3.8, 4) is 0 Å². The number of aromatic nitrogens is 3. The first-order valence-corrected chi connectivity index (χ1v) is 6.71. The molecular weight excluding hydrogens is 218 g/mol. The Hall–Kier alpha value is -0.640. The molecule has 3 nitrogen and oxygen atoms in total. The number of hydrogen-bond acceptors (Lipinski definition) is 2. The maximum absolute atomic E-state index is 5.28. The molecule has 1 aliphatic carbocycles. The lowest BCUT2D eigenvalue weighted by Gasteiger charge is -2.12. The fourth-order valence-corrected chi connectivity index (χ4v) is 2.76. The Bertz CT molecular complexity index is 385. The van der Waals surface area contributed by atoms with Crippen LogP contribution in [-0.4, -0.2) is 14.8 Å². The molecule has 4 heteroatoms. The van der Waals surface area contributed by atoms with Crippen LogP contribution in [0.15, 0.2) is 0 Å². The van der Waals surface area contributed by atoms with E-state index < -0.39 is 0 Å². The predicted octanol–water partition coefficient (Wildman–Crippen LogP) is 3.33. The molecule has 2 rings (SSSR count). The Morgan fingerprint density at radius 3 is 2.75 bits per heavy atom. The fraction of sp³-hybridized carbons (Fsp3) is 0.833. The fourth-order valence-electron chi connectivity index (χ4n) is 2.53. The van der Waals surface area contributed by atoms with E-state index >= 15 is 0 Å². The van der Waals surface area contributed by atoms with Crippen molar-refractivity contribution >= 4 is 12.2 Å². The van der Waals surface area contributed by atoms with Crippen LogP contribution in [0.3, 0.4) is 0 Å². The molecule has 1 heterocycles. The summed E-state index contributed by atoms with van der Waals surface area (Å²) in [5.74, 6) is 2.60. The van der Waals surface area contributed by atoms with Gasteiger partial charge in [-0.2, -0.15) is 5.10 Å². The monoisotopic (exact) mass is 239 g/mol. The van der Waals surface area contributed by atoms with Gasteiger partial charge in [-0.25, -0.2) is 0 Å². The molecule has 1 N–H and O–H groups in total. The molecule has 0 radical (unpaired) electrons.